The van der Waals surface area contributed by atoms with Gasteiger partial charge in [0.2, 0.25) is 0 Å². The van der Waals surface area contributed by atoms with E-state index in [4.69, 9.17) is 9.84 Å². The molecule has 1 saturated heterocycles. The number of methoxy groups -OCH3 is 1. The number of carboxylic acid groups (broad SMARTS) is 1. The fourth-order valence-corrected chi connectivity index (χ4v) is 2.30. The van der Waals surface area contributed by atoms with Crippen LogP contribution in [-0.4, -0.2) is 41.2 Å². The lowest BCUT2D eigenvalue weighted by atomic mass is 9.99. The molecular weight excluding hydrogens is 232 g/mol. The summed E-state index contributed by atoms with van der Waals surface area (Å²) in [5.41, 5.74) is 3.02. The molecule has 2 heterocycles. The highest BCUT2D eigenvalue weighted by Gasteiger charge is 2.32. The molecule has 1 N–H and O–H groups in total. The summed E-state index contributed by atoms with van der Waals surface area (Å²) in [6, 6.07) is 0. The van der Waals surface area contributed by atoms with Crippen LogP contribution in [0.1, 0.15) is 16.8 Å². The maximum absolute atomic E-state index is 10.7. The largest absolute Gasteiger partial charge is 0.496 e. The van der Waals surface area contributed by atoms with Crippen LogP contribution in [0.5, 0.6) is 5.75 Å². The maximum atomic E-state index is 10.7. The summed E-state index contributed by atoms with van der Waals surface area (Å²) in [5, 5.41) is 8.83. The van der Waals surface area contributed by atoms with E-state index in [1.54, 1.807) is 13.3 Å². The van der Waals surface area contributed by atoms with Gasteiger partial charge in [-0.2, -0.15) is 0 Å². The van der Waals surface area contributed by atoms with Crippen LogP contribution in [0.25, 0.3) is 0 Å². The van der Waals surface area contributed by atoms with Gasteiger partial charge < -0.3 is 9.84 Å². The van der Waals surface area contributed by atoms with Crippen LogP contribution in [0.3, 0.4) is 0 Å². The van der Waals surface area contributed by atoms with Crippen LogP contribution in [0.2, 0.25) is 0 Å². The van der Waals surface area contributed by atoms with Gasteiger partial charge in [-0.15, -0.1) is 0 Å². The van der Waals surface area contributed by atoms with Gasteiger partial charge in [0, 0.05) is 37.0 Å². The summed E-state index contributed by atoms with van der Waals surface area (Å²) < 4.78 is 5.36. The van der Waals surface area contributed by atoms with Gasteiger partial charge in [0.25, 0.3) is 0 Å². The molecule has 0 saturated carbocycles. The number of aryl methyl sites for hydroxylation is 1. The number of hydrogen-bond donors (Lipinski definition) is 1. The van der Waals surface area contributed by atoms with Gasteiger partial charge in [0.1, 0.15) is 5.75 Å². The number of ether oxygens (including phenoxy) is 1. The molecule has 1 aromatic rings. The minimum absolute atomic E-state index is 0.224. The fourth-order valence-electron chi connectivity index (χ4n) is 2.30. The zero-order valence-corrected chi connectivity index (χ0v) is 10.9. The van der Waals surface area contributed by atoms with E-state index in [-0.39, 0.29) is 5.92 Å². The first-order valence-electron chi connectivity index (χ1n) is 5.97. The molecule has 0 aliphatic carbocycles. The van der Waals surface area contributed by atoms with E-state index >= 15 is 0 Å². The van der Waals surface area contributed by atoms with E-state index in [1.165, 1.54) is 0 Å². The molecular formula is C13H18N2O3. The van der Waals surface area contributed by atoms with Crippen molar-refractivity contribution in [2.24, 2.45) is 5.92 Å². The predicted molar refractivity (Wildman–Crippen MR) is 66.7 cm³/mol. The third-order valence-electron chi connectivity index (χ3n) is 3.43. The van der Waals surface area contributed by atoms with E-state index < -0.39 is 5.97 Å². The third-order valence-corrected chi connectivity index (χ3v) is 3.43. The summed E-state index contributed by atoms with van der Waals surface area (Å²) in [6.07, 6.45) is 1.80. The number of carboxylic acids is 1. The number of carbonyl (C=O) groups is 1. The molecule has 2 rings (SSSR count). The first kappa shape index (κ1) is 12.8. The van der Waals surface area contributed by atoms with Crippen molar-refractivity contribution in [1.29, 1.82) is 0 Å². The Labute approximate surface area is 106 Å². The van der Waals surface area contributed by atoms with Crippen molar-refractivity contribution in [3.63, 3.8) is 0 Å². The Bertz CT molecular complexity index is 468. The van der Waals surface area contributed by atoms with Crippen molar-refractivity contribution < 1.29 is 14.6 Å². The summed E-state index contributed by atoms with van der Waals surface area (Å²) in [7, 11) is 1.66. The highest BCUT2D eigenvalue weighted by atomic mass is 16.5. The second-order valence-corrected chi connectivity index (χ2v) is 4.78. The minimum Gasteiger partial charge on any atom is -0.496 e. The molecule has 0 bridgehead atoms. The molecule has 1 aliphatic heterocycles. The van der Waals surface area contributed by atoms with Crippen molar-refractivity contribution in [2.75, 3.05) is 20.2 Å². The molecule has 0 spiro atoms. The van der Waals surface area contributed by atoms with E-state index in [9.17, 15) is 4.79 Å². The summed E-state index contributed by atoms with van der Waals surface area (Å²) in [4.78, 5) is 17.2. The fraction of sp³-hybridized carbons (Fsp3) is 0.538. The first-order chi connectivity index (χ1) is 8.52. The lowest BCUT2D eigenvalue weighted by molar-refractivity contribution is -0.147. The van der Waals surface area contributed by atoms with Crippen molar-refractivity contribution >= 4 is 5.97 Å². The molecule has 1 fully saturated rings. The highest BCUT2D eigenvalue weighted by molar-refractivity contribution is 5.71. The molecule has 98 valence electrons. The molecule has 1 aromatic heterocycles. The van der Waals surface area contributed by atoms with E-state index in [0.717, 1.165) is 22.6 Å². The number of aromatic nitrogens is 1. The average Bonchev–Trinajstić information content (AvgIpc) is 2.25. The smallest absolute Gasteiger partial charge is 0.309 e. The highest BCUT2D eigenvalue weighted by Crippen LogP contribution is 2.26. The van der Waals surface area contributed by atoms with Gasteiger partial charge in [0.05, 0.1) is 18.7 Å². The number of rotatable bonds is 4. The Morgan fingerprint density at radius 2 is 2.22 bits per heavy atom. The minimum atomic E-state index is -0.711. The quantitative estimate of drug-likeness (QED) is 0.870. The van der Waals surface area contributed by atoms with Crippen molar-refractivity contribution in [3.8, 4) is 5.75 Å². The molecule has 0 atom stereocenters. The standard InChI is InChI=1S/C13H18N2O3/c1-8-4-14-11(9(2)12(8)18-3)7-15-5-10(6-15)13(16)17/h4,10H,5-7H2,1-3H3,(H,16,17). The van der Waals surface area contributed by atoms with E-state index in [0.29, 0.717) is 19.6 Å². The van der Waals surface area contributed by atoms with Crippen molar-refractivity contribution in [3.05, 3.63) is 23.0 Å². The van der Waals surface area contributed by atoms with Gasteiger partial charge in [-0.1, -0.05) is 0 Å². The molecule has 5 heteroatoms. The van der Waals surface area contributed by atoms with Crippen LogP contribution >= 0.6 is 0 Å². The maximum Gasteiger partial charge on any atom is 0.309 e. The Balaban J connectivity index is 2.05. The zero-order valence-electron chi connectivity index (χ0n) is 10.9. The van der Waals surface area contributed by atoms with Gasteiger partial charge in [0.15, 0.2) is 0 Å². The summed E-state index contributed by atoms with van der Waals surface area (Å²) in [5.74, 6) is -0.0645. The van der Waals surface area contributed by atoms with Crippen LogP contribution < -0.4 is 4.74 Å². The number of aliphatic carboxylic acids is 1. The van der Waals surface area contributed by atoms with Gasteiger partial charge in [-0.25, -0.2) is 0 Å². The van der Waals surface area contributed by atoms with Crippen LogP contribution in [0, 0.1) is 19.8 Å². The molecule has 0 radical (unpaired) electrons. The number of nitrogens with zero attached hydrogens (tertiary/aromatic N) is 2. The Kier molecular flexibility index (Phi) is 3.52. The average molecular weight is 250 g/mol. The van der Waals surface area contributed by atoms with Gasteiger partial charge in [-0.05, 0) is 13.8 Å². The molecule has 18 heavy (non-hydrogen) atoms. The Morgan fingerprint density at radius 1 is 1.56 bits per heavy atom. The van der Waals surface area contributed by atoms with E-state index in [2.05, 4.69) is 9.88 Å². The molecule has 5 nitrogen and oxygen atoms in total. The van der Waals surface area contributed by atoms with Gasteiger partial charge in [-0.3, -0.25) is 14.7 Å². The number of likely N-dealkylation sites (tertiary alicyclic amines) is 1. The summed E-state index contributed by atoms with van der Waals surface area (Å²) in [6.45, 7) is 5.85. The Hall–Kier alpha value is -1.62. The van der Waals surface area contributed by atoms with E-state index in [1.807, 2.05) is 13.8 Å². The first-order valence-corrected chi connectivity index (χ1v) is 5.97. The third kappa shape index (κ3) is 2.31. The predicted octanol–water partition coefficient (Wildman–Crippen LogP) is 1.22. The summed E-state index contributed by atoms with van der Waals surface area (Å²) >= 11 is 0. The Morgan fingerprint density at radius 3 is 2.78 bits per heavy atom. The lowest BCUT2D eigenvalue weighted by Gasteiger charge is -2.36. The molecule has 0 unspecified atom stereocenters. The van der Waals surface area contributed by atoms with Gasteiger partial charge >= 0.3 is 5.97 Å². The number of hydrogen-bond acceptors (Lipinski definition) is 4. The number of pyridine rings is 1. The second kappa shape index (κ2) is 4.94. The van der Waals surface area contributed by atoms with Crippen molar-refractivity contribution in [1.82, 2.24) is 9.88 Å². The second-order valence-electron chi connectivity index (χ2n) is 4.78. The van der Waals surface area contributed by atoms with Crippen LogP contribution in [-0.2, 0) is 11.3 Å². The topological polar surface area (TPSA) is 62.7 Å². The SMILES string of the molecule is COc1c(C)cnc(CN2CC(C(=O)O)C2)c1C. The molecule has 1 aliphatic rings. The van der Waals surface area contributed by atoms with Crippen LogP contribution in [0.15, 0.2) is 6.20 Å². The zero-order chi connectivity index (χ0) is 13.3. The van der Waals surface area contributed by atoms with Crippen molar-refractivity contribution in [2.45, 2.75) is 20.4 Å². The van der Waals surface area contributed by atoms with Crippen LogP contribution in [0.4, 0.5) is 0 Å². The monoisotopic (exact) mass is 250 g/mol. The lowest BCUT2D eigenvalue weighted by Crippen LogP contribution is -2.49. The molecule has 0 aromatic carbocycles. The molecule has 0 amide bonds. The normalized spacial score (nSPS) is 16.4.